The van der Waals surface area contributed by atoms with Crippen molar-refractivity contribution in [2.75, 3.05) is 6.26 Å². The lowest BCUT2D eigenvalue weighted by atomic mass is 9.71. The lowest BCUT2D eigenvalue weighted by molar-refractivity contribution is -0.135. The third-order valence-electron chi connectivity index (χ3n) is 3.49. The molecule has 2 rings (SSSR count). The van der Waals surface area contributed by atoms with Gasteiger partial charge in [0.2, 0.25) is 11.8 Å². The van der Waals surface area contributed by atoms with Crippen molar-refractivity contribution in [3.63, 3.8) is 0 Å². The molecular formula is C10H15NO2S. The van der Waals surface area contributed by atoms with Crippen molar-refractivity contribution < 1.29 is 9.59 Å². The van der Waals surface area contributed by atoms with Gasteiger partial charge in [-0.05, 0) is 25.0 Å². The molecule has 0 spiro atoms. The predicted octanol–water partition coefficient (Wildman–Crippen LogP) is 1.32. The molecule has 0 aromatic carbocycles. The summed E-state index contributed by atoms with van der Waals surface area (Å²) in [6.45, 7) is 0. The summed E-state index contributed by atoms with van der Waals surface area (Å²) in [6.07, 6.45) is 6.74. The molecule has 0 atom stereocenters. The van der Waals surface area contributed by atoms with Gasteiger partial charge in [-0.3, -0.25) is 14.9 Å². The number of piperidine rings is 1. The molecule has 3 nitrogen and oxygen atoms in total. The normalized spacial score (nSPS) is 26.9. The molecular weight excluding hydrogens is 198 g/mol. The minimum absolute atomic E-state index is 0.0911. The molecule has 0 bridgehead atoms. The van der Waals surface area contributed by atoms with E-state index in [1.54, 1.807) is 0 Å². The Kier molecular flexibility index (Phi) is 2.56. The van der Waals surface area contributed by atoms with E-state index in [1.165, 1.54) is 19.3 Å². The average molecular weight is 213 g/mol. The highest BCUT2D eigenvalue weighted by molar-refractivity contribution is 8.00. The molecule has 2 aliphatic rings. The van der Waals surface area contributed by atoms with Crippen molar-refractivity contribution in [2.45, 2.75) is 36.9 Å². The molecule has 1 aliphatic carbocycles. The van der Waals surface area contributed by atoms with Gasteiger partial charge < -0.3 is 0 Å². The smallest absolute Gasteiger partial charge is 0.226 e. The second kappa shape index (κ2) is 3.57. The number of amides is 2. The summed E-state index contributed by atoms with van der Waals surface area (Å²) in [5, 5.41) is 2.37. The van der Waals surface area contributed by atoms with E-state index >= 15 is 0 Å². The van der Waals surface area contributed by atoms with E-state index in [0.717, 1.165) is 0 Å². The first-order valence-corrected chi connectivity index (χ1v) is 6.26. The number of nitrogens with one attached hydrogen (secondary N) is 1. The Morgan fingerprint density at radius 2 is 1.86 bits per heavy atom. The largest absolute Gasteiger partial charge is 0.296 e. The van der Waals surface area contributed by atoms with Crippen LogP contribution in [0.25, 0.3) is 0 Å². The first-order valence-electron chi connectivity index (χ1n) is 5.04. The fourth-order valence-corrected chi connectivity index (χ4v) is 3.65. The third kappa shape index (κ3) is 1.56. The summed E-state index contributed by atoms with van der Waals surface area (Å²) in [6, 6.07) is 0. The van der Waals surface area contributed by atoms with E-state index in [-0.39, 0.29) is 22.5 Å². The van der Waals surface area contributed by atoms with Crippen molar-refractivity contribution in [1.29, 1.82) is 0 Å². The fraction of sp³-hybridized carbons (Fsp3) is 0.800. The van der Waals surface area contributed by atoms with Crippen molar-refractivity contribution >= 4 is 23.6 Å². The van der Waals surface area contributed by atoms with Crippen molar-refractivity contribution in [3.8, 4) is 0 Å². The van der Waals surface area contributed by atoms with Gasteiger partial charge in [0, 0.05) is 17.6 Å². The van der Waals surface area contributed by atoms with Crippen molar-refractivity contribution in [3.05, 3.63) is 0 Å². The second-order valence-electron chi connectivity index (χ2n) is 4.20. The summed E-state index contributed by atoms with van der Waals surface area (Å²) in [5.41, 5.74) is 0. The highest BCUT2D eigenvalue weighted by Gasteiger charge is 2.46. The molecule has 1 N–H and O–H groups in total. The monoisotopic (exact) mass is 213 g/mol. The predicted molar refractivity (Wildman–Crippen MR) is 56.0 cm³/mol. The van der Waals surface area contributed by atoms with Gasteiger partial charge in [0.15, 0.2) is 0 Å². The minimum atomic E-state index is -0.0911. The molecule has 1 saturated heterocycles. The summed E-state index contributed by atoms with van der Waals surface area (Å²) >= 11 is 1.84. The lowest BCUT2D eigenvalue weighted by Gasteiger charge is -2.47. The van der Waals surface area contributed by atoms with Crippen LogP contribution in [0.5, 0.6) is 0 Å². The van der Waals surface area contributed by atoms with Gasteiger partial charge in [0.1, 0.15) is 0 Å². The Hall–Kier alpha value is -0.510. The highest BCUT2D eigenvalue weighted by Crippen LogP contribution is 2.51. The third-order valence-corrected chi connectivity index (χ3v) is 5.05. The molecule has 1 saturated carbocycles. The van der Waals surface area contributed by atoms with Gasteiger partial charge in [-0.15, -0.1) is 0 Å². The van der Waals surface area contributed by atoms with Crippen LogP contribution in [0.4, 0.5) is 0 Å². The number of rotatable bonds is 2. The van der Waals surface area contributed by atoms with E-state index < -0.39 is 0 Å². The lowest BCUT2D eigenvalue weighted by Crippen LogP contribution is -2.49. The summed E-state index contributed by atoms with van der Waals surface area (Å²) < 4.78 is 0.230. The first kappa shape index (κ1) is 10.0. The van der Waals surface area contributed by atoms with Gasteiger partial charge in [-0.25, -0.2) is 0 Å². The van der Waals surface area contributed by atoms with Crippen LogP contribution in [0.15, 0.2) is 0 Å². The second-order valence-corrected chi connectivity index (χ2v) is 5.42. The van der Waals surface area contributed by atoms with Crippen LogP contribution in [-0.4, -0.2) is 22.8 Å². The minimum Gasteiger partial charge on any atom is -0.296 e. The Balaban J connectivity index is 2.09. The van der Waals surface area contributed by atoms with Crippen LogP contribution in [-0.2, 0) is 9.59 Å². The van der Waals surface area contributed by atoms with Crippen LogP contribution >= 0.6 is 11.8 Å². The SMILES string of the molecule is CSC1(C2CC(=O)NC(=O)C2)CCC1. The molecule has 2 amide bonds. The zero-order chi connectivity index (χ0) is 10.2. The molecule has 78 valence electrons. The Morgan fingerprint density at radius 3 is 2.21 bits per heavy atom. The zero-order valence-corrected chi connectivity index (χ0v) is 9.15. The molecule has 0 radical (unpaired) electrons. The maximum atomic E-state index is 11.2. The molecule has 2 fully saturated rings. The molecule has 0 aromatic rings. The number of hydrogen-bond donors (Lipinski definition) is 1. The molecule has 0 unspecified atom stereocenters. The number of thioether (sulfide) groups is 1. The van der Waals surface area contributed by atoms with E-state index in [4.69, 9.17) is 0 Å². The van der Waals surface area contributed by atoms with Gasteiger partial charge in [0.25, 0.3) is 0 Å². The van der Waals surface area contributed by atoms with Crippen LogP contribution in [0.2, 0.25) is 0 Å². The molecule has 0 aromatic heterocycles. The summed E-state index contributed by atoms with van der Waals surface area (Å²) in [4.78, 5) is 22.5. The van der Waals surface area contributed by atoms with Gasteiger partial charge >= 0.3 is 0 Å². The summed E-state index contributed by atoms with van der Waals surface area (Å²) in [7, 11) is 0. The number of imide groups is 1. The van der Waals surface area contributed by atoms with Crippen LogP contribution < -0.4 is 5.32 Å². The van der Waals surface area contributed by atoms with Crippen LogP contribution in [0.1, 0.15) is 32.1 Å². The number of carbonyl (C=O) groups excluding carboxylic acids is 2. The molecule has 4 heteroatoms. The summed E-state index contributed by atoms with van der Waals surface area (Å²) in [5.74, 6) is 0.0886. The quantitative estimate of drug-likeness (QED) is 0.704. The standard InChI is InChI=1S/C10H15NO2S/c1-14-10(3-2-4-10)7-5-8(12)11-9(13)6-7/h7H,2-6H2,1H3,(H,11,12,13). The van der Waals surface area contributed by atoms with E-state index in [0.29, 0.717) is 12.8 Å². The van der Waals surface area contributed by atoms with Crippen LogP contribution in [0, 0.1) is 5.92 Å². The number of carbonyl (C=O) groups is 2. The Bertz CT molecular complexity index is 252. The zero-order valence-electron chi connectivity index (χ0n) is 8.34. The molecule has 1 aliphatic heterocycles. The maximum Gasteiger partial charge on any atom is 0.226 e. The van der Waals surface area contributed by atoms with Gasteiger partial charge in [0.05, 0.1) is 0 Å². The Morgan fingerprint density at radius 1 is 1.29 bits per heavy atom. The van der Waals surface area contributed by atoms with Crippen molar-refractivity contribution in [2.24, 2.45) is 5.92 Å². The molecule has 14 heavy (non-hydrogen) atoms. The molecule has 1 heterocycles. The van der Waals surface area contributed by atoms with Crippen LogP contribution in [0.3, 0.4) is 0 Å². The topological polar surface area (TPSA) is 46.2 Å². The highest BCUT2D eigenvalue weighted by atomic mass is 32.2. The first-order chi connectivity index (χ1) is 6.66. The maximum absolute atomic E-state index is 11.2. The Labute approximate surface area is 88.0 Å². The number of hydrogen-bond acceptors (Lipinski definition) is 3. The van der Waals surface area contributed by atoms with Gasteiger partial charge in [-0.1, -0.05) is 6.42 Å². The van der Waals surface area contributed by atoms with E-state index in [1.807, 2.05) is 11.8 Å². The van der Waals surface area contributed by atoms with E-state index in [2.05, 4.69) is 11.6 Å². The van der Waals surface area contributed by atoms with Crippen molar-refractivity contribution in [1.82, 2.24) is 5.32 Å². The van der Waals surface area contributed by atoms with Gasteiger partial charge in [-0.2, -0.15) is 11.8 Å². The fourth-order valence-electron chi connectivity index (χ4n) is 2.45. The average Bonchev–Trinajstić information content (AvgIpc) is 2.01. The van der Waals surface area contributed by atoms with E-state index in [9.17, 15) is 9.59 Å².